The van der Waals surface area contributed by atoms with Crippen LogP contribution in [0.25, 0.3) is 0 Å². The van der Waals surface area contributed by atoms with Gasteiger partial charge in [-0.2, -0.15) is 44.9 Å². The third kappa shape index (κ3) is 42.4. The van der Waals surface area contributed by atoms with Crippen LogP contribution in [-0.4, -0.2) is 172 Å². The Balaban J connectivity index is 2.09. The van der Waals surface area contributed by atoms with Gasteiger partial charge in [0.2, 0.25) is 53.5 Å². The van der Waals surface area contributed by atoms with Gasteiger partial charge in [0.25, 0.3) is 0 Å². The zero-order chi connectivity index (χ0) is 74.6. The lowest BCUT2D eigenvalue weighted by Crippen LogP contribution is -2.37. The van der Waals surface area contributed by atoms with Crippen molar-refractivity contribution in [1.82, 2.24) is 50.2 Å². The summed E-state index contributed by atoms with van der Waals surface area (Å²) in [5, 5.41) is 3.33. The lowest BCUT2D eigenvalue weighted by molar-refractivity contribution is 0.563. The van der Waals surface area contributed by atoms with Crippen LogP contribution in [0.2, 0.25) is 0 Å². The maximum absolute atomic E-state index is 5.52. The predicted molar refractivity (Wildman–Crippen MR) is 451 cm³/mol. The van der Waals surface area contributed by atoms with Crippen LogP contribution in [0.5, 0.6) is 0 Å². The molecule has 0 aliphatic carbocycles. The van der Waals surface area contributed by atoms with Gasteiger partial charge in [0.15, 0.2) is 0 Å². The van der Waals surface area contributed by atoms with E-state index >= 15 is 0 Å². The Kier molecular flexibility index (Phi) is 55.8. The van der Waals surface area contributed by atoms with Crippen LogP contribution in [0, 0.1) is 0 Å². The second kappa shape index (κ2) is 62.3. The Labute approximate surface area is 635 Å². The SMILES string of the molecule is CCCCCCCCN(CCCCCCCC)c1nc(N(C)CCN(C)c2nc(N(C)CCN(C)c3nc(N(CCCCCCCC)CCCCCCCC)nc(N(CCCCCCCC)CCCCCCCC)n3)nc(N(C)CNC)n2)nc(N(CCCCCCCC)CCCCCCCC)n1. The fourth-order valence-electron chi connectivity index (χ4n) is 13.7. The summed E-state index contributed by atoms with van der Waals surface area (Å²) in [4.78, 5) is 69.5. The zero-order valence-corrected chi connectivity index (χ0v) is 70.2. The van der Waals surface area contributed by atoms with Crippen molar-refractivity contribution in [3.05, 3.63) is 0 Å². The zero-order valence-electron chi connectivity index (χ0n) is 70.2. The third-order valence-electron chi connectivity index (χ3n) is 20.8. The monoisotopic (exact) mass is 1440 g/mol. The molecule has 103 heavy (non-hydrogen) atoms. The molecule has 0 bridgehead atoms. The number of anilines is 9. The highest BCUT2D eigenvalue weighted by atomic mass is 15.4. The molecule has 0 amide bonds. The summed E-state index contributed by atoms with van der Waals surface area (Å²) in [6.45, 7) is 29.4. The fourth-order valence-corrected chi connectivity index (χ4v) is 13.7. The van der Waals surface area contributed by atoms with Gasteiger partial charge < -0.3 is 49.4 Å². The number of unbranched alkanes of at least 4 members (excludes halogenated alkanes) is 40. The smallest absolute Gasteiger partial charge is 0.232 e. The van der Waals surface area contributed by atoms with Crippen molar-refractivity contribution in [3.8, 4) is 0 Å². The van der Waals surface area contributed by atoms with Gasteiger partial charge in [0.1, 0.15) is 0 Å². The van der Waals surface area contributed by atoms with Gasteiger partial charge in [-0.05, 0) is 58.4 Å². The Morgan fingerprint density at radius 2 is 0.311 bits per heavy atom. The minimum absolute atomic E-state index is 0.586. The third-order valence-corrected chi connectivity index (χ3v) is 20.8. The molecular formula is C84H165N19. The van der Waals surface area contributed by atoms with Gasteiger partial charge in [-0.25, -0.2) is 0 Å². The summed E-state index contributed by atoms with van der Waals surface area (Å²) < 4.78 is 0. The normalized spacial score (nSPS) is 11.5. The molecule has 0 spiro atoms. The minimum Gasteiger partial charge on any atom is -0.342 e. The Morgan fingerprint density at radius 1 is 0.175 bits per heavy atom. The molecule has 0 radical (unpaired) electrons. The molecule has 3 heterocycles. The highest BCUT2D eigenvalue weighted by Crippen LogP contribution is 2.27. The first-order valence-corrected chi connectivity index (χ1v) is 43.9. The van der Waals surface area contributed by atoms with Crippen molar-refractivity contribution in [1.29, 1.82) is 0 Å². The van der Waals surface area contributed by atoms with E-state index in [4.69, 9.17) is 44.9 Å². The molecule has 0 unspecified atom stereocenters. The molecule has 3 rings (SSSR count). The van der Waals surface area contributed by atoms with E-state index in [-0.39, 0.29) is 0 Å². The molecule has 19 nitrogen and oxygen atoms in total. The lowest BCUT2D eigenvalue weighted by atomic mass is 10.1. The lowest BCUT2D eigenvalue weighted by Gasteiger charge is -2.29. The van der Waals surface area contributed by atoms with Gasteiger partial charge in [0, 0.05) is 114 Å². The average Bonchev–Trinajstić information content (AvgIpc) is 0.830. The molecule has 0 atom stereocenters. The van der Waals surface area contributed by atoms with Crippen LogP contribution in [0.1, 0.15) is 364 Å². The van der Waals surface area contributed by atoms with E-state index in [0.717, 1.165) is 139 Å². The molecule has 0 fully saturated rings. The standard InChI is InChI=1S/C84H165N19/c1-15-23-31-39-47-55-63-100(64-56-48-40-32-24-16-2)81-89-78(90-82(93-81)101(65-57-49-41-33-25-17-3)66-58-50-42-34-26-18-4)97(12)73-71-95(10)76-86-77(88-80(87-76)99(14)75-85-9)96(11)72-74-98(13)79-91-83(102(67-59-51-43-35-27-19-5)68-60-52-44-36-28-20-6)94-84(92-79)103(69-61-53-45-37-29-21-7)70-62-54-46-38-30-22-8/h85H,15-75H2,1-14H3. The van der Waals surface area contributed by atoms with Gasteiger partial charge in [-0.3, -0.25) is 0 Å². The van der Waals surface area contributed by atoms with Crippen molar-refractivity contribution in [3.63, 3.8) is 0 Å². The molecule has 0 aromatic carbocycles. The molecule has 596 valence electrons. The van der Waals surface area contributed by atoms with E-state index in [1.54, 1.807) is 0 Å². The molecule has 0 saturated carbocycles. The number of nitrogens with zero attached hydrogens (tertiary/aromatic N) is 18. The summed E-state index contributed by atoms with van der Waals surface area (Å²) in [6.07, 6.45) is 60.6. The quantitative estimate of drug-likeness (QED) is 0.0420. The molecule has 19 heteroatoms. The van der Waals surface area contributed by atoms with Crippen LogP contribution in [0.4, 0.5) is 53.5 Å². The largest absolute Gasteiger partial charge is 0.342 e. The average molecular weight is 1440 g/mol. The van der Waals surface area contributed by atoms with E-state index in [0.29, 0.717) is 50.7 Å². The van der Waals surface area contributed by atoms with Crippen LogP contribution in [-0.2, 0) is 0 Å². The molecule has 3 aromatic rings. The first-order chi connectivity index (χ1) is 50.4. The Bertz CT molecular complexity index is 2090. The van der Waals surface area contributed by atoms with E-state index in [9.17, 15) is 0 Å². The number of nitrogens with one attached hydrogen (secondary N) is 1. The van der Waals surface area contributed by atoms with Crippen molar-refractivity contribution < 1.29 is 0 Å². The van der Waals surface area contributed by atoms with Crippen LogP contribution in [0.15, 0.2) is 0 Å². The van der Waals surface area contributed by atoms with Gasteiger partial charge in [0.05, 0.1) is 6.67 Å². The molecule has 1 N–H and O–H groups in total. The van der Waals surface area contributed by atoms with Gasteiger partial charge in [-0.15, -0.1) is 0 Å². The number of rotatable bonds is 73. The van der Waals surface area contributed by atoms with E-state index in [2.05, 4.69) is 133 Å². The number of hydrogen-bond donors (Lipinski definition) is 1. The highest BCUT2D eigenvalue weighted by molar-refractivity contribution is 5.50. The summed E-state index contributed by atoms with van der Waals surface area (Å²) in [5.74, 6) is 6.69. The highest BCUT2D eigenvalue weighted by Gasteiger charge is 2.24. The Morgan fingerprint density at radius 3 is 0.476 bits per heavy atom. The van der Waals surface area contributed by atoms with Gasteiger partial charge >= 0.3 is 0 Å². The molecule has 0 aliphatic rings. The fraction of sp³-hybridized carbons (Fsp3) is 0.893. The minimum atomic E-state index is 0.586. The Hall–Kier alpha value is -4.81. The number of likely N-dealkylation sites (N-methyl/N-ethyl adjacent to an activating group) is 4. The van der Waals surface area contributed by atoms with Crippen LogP contribution < -0.4 is 49.4 Å². The summed E-state index contributed by atoms with van der Waals surface area (Å²) >= 11 is 0. The molecule has 0 aliphatic heterocycles. The maximum Gasteiger partial charge on any atom is 0.232 e. The predicted octanol–water partition coefficient (Wildman–Crippen LogP) is 21.1. The number of aromatic nitrogens is 9. The first-order valence-electron chi connectivity index (χ1n) is 43.9. The van der Waals surface area contributed by atoms with Gasteiger partial charge in [-0.1, -0.05) is 312 Å². The van der Waals surface area contributed by atoms with Crippen molar-refractivity contribution in [2.24, 2.45) is 0 Å². The van der Waals surface area contributed by atoms with Crippen molar-refractivity contribution in [2.45, 2.75) is 364 Å². The van der Waals surface area contributed by atoms with E-state index in [1.165, 1.54) is 257 Å². The van der Waals surface area contributed by atoms with E-state index in [1.807, 2.05) is 14.1 Å². The summed E-state index contributed by atoms with van der Waals surface area (Å²) in [5.41, 5.74) is 0. The van der Waals surface area contributed by atoms with Crippen molar-refractivity contribution >= 4 is 53.5 Å². The molecule has 3 aromatic heterocycles. The van der Waals surface area contributed by atoms with Crippen molar-refractivity contribution in [2.75, 3.05) is 172 Å². The number of hydrogen-bond acceptors (Lipinski definition) is 19. The molecule has 0 saturated heterocycles. The van der Waals surface area contributed by atoms with Crippen LogP contribution >= 0.6 is 0 Å². The maximum atomic E-state index is 5.52. The topological polar surface area (TPSA) is 157 Å². The molecular weight excluding hydrogens is 1280 g/mol. The van der Waals surface area contributed by atoms with E-state index < -0.39 is 0 Å². The summed E-state index contributed by atoms with van der Waals surface area (Å²) in [7, 11) is 12.6. The second-order valence-corrected chi connectivity index (χ2v) is 30.7. The second-order valence-electron chi connectivity index (χ2n) is 30.7. The van der Waals surface area contributed by atoms with Crippen LogP contribution in [0.3, 0.4) is 0 Å². The summed E-state index contributed by atoms with van der Waals surface area (Å²) in [6, 6.07) is 0. The first kappa shape index (κ1) is 92.4.